The number of H-pyrrole nitrogens is 2. The second-order valence-electron chi connectivity index (χ2n) is 18.4. The molecule has 4 aromatic heterocycles. The number of aromatic amines is 2. The minimum atomic E-state index is -1.08. The fraction of sp³-hybridized carbons (Fsp3) is 0.111. The quantitative estimate of drug-likeness (QED) is 0.0429. The van der Waals surface area contributed by atoms with Gasteiger partial charge in [0.05, 0.1) is 11.1 Å². The SMILES string of the molecule is Nc1c(NCc2cccc(CNC(=O)c3cc(C(=O)NCc4ccc(C(=O)O)cc4)n4c(=O)[nH]nc4n3)c2)c(=O)c1=O.Nc1c(NCc2cccc(CNC(=O)c3cc(C(=O)NCc4ccc(C(=O)O)cc4)nc4n[nH]c(=O)n34)c2)c(=O)c1=O. The predicted octanol–water partition coefficient (Wildman–Crippen LogP) is -0.468. The molecule has 10 rings (SSSR count). The number of carboxylic acid groups (broad SMARTS) is 2. The van der Waals surface area contributed by atoms with Crippen molar-refractivity contribution < 1.29 is 39.0 Å². The van der Waals surface area contributed by atoms with Gasteiger partial charge < -0.3 is 53.6 Å². The van der Waals surface area contributed by atoms with Gasteiger partial charge in [0.1, 0.15) is 45.5 Å². The van der Waals surface area contributed by atoms with Crippen molar-refractivity contribution in [1.82, 2.24) is 60.4 Å². The Morgan fingerprint density at radius 1 is 0.429 bits per heavy atom. The maximum atomic E-state index is 13.2. The first-order valence-electron chi connectivity index (χ1n) is 24.8. The number of fused-ring (bicyclic) bond motifs is 2. The fourth-order valence-electron chi connectivity index (χ4n) is 8.27. The third-order valence-corrected chi connectivity index (χ3v) is 12.7. The van der Waals surface area contributed by atoms with Crippen LogP contribution in [0.5, 0.6) is 0 Å². The molecule has 0 bridgehead atoms. The van der Waals surface area contributed by atoms with Crippen LogP contribution in [0.4, 0.5) is 22.7 Å². The van der Waals surface area contributed by atoms with Crippen LogP contribution in [0.1, 0.15) is 96.1 Å². The molecule has 0 radical (unpaired) electrons. The van der Waals surface area contributed by atoms with Gasteiger partial charge in [-0.15, -0.1) is 10.2 Å². The lowest BCUT2D eigenvalue weighted by atomic mass is 10.1. The Morgan fingerprint density at radius 3 is 1.11 bits per heavy atom. The van der Waals surface area contributed by atoms with E-state index in [-0.39, 0.29) is 107 Å². The van der Waals surface area contributed by atoms with Crippen molar-refractivity contribution in [3.05, 3.63) is 238 Å². The van der Waals surface area contributed by atoms with Crippen molar-refractivity contribution in [2.75, 3.05) is 22.1 Å². The minimum absolute atomic E-state index is 0.0240. The molecule has 424 valence electrons. The topological polar surface area (TPSA) is 461 Å². The van der Waals surface area contributed by atoms with Gasteiger partial charge in [0.15, 0.2) is 0 Å². The van der Waals surface area contributed by atoms with Crippen molar-refractivity contribution >= 4 is 69.9 Å². The van der Waals surface area contributed by atoms with E-state index in [4.69, 9.17) is 21.7 Å². The molecule has 14 N–H and O–H groups in total. The number of hydrogen-bond acceptors (Lipinski definition) is 20. The average molecular weight is 1140 g/mol. The van der Waals surface area contributed by atoms with Gasteiger partial charge in [-0.05, 0) is 69.8 Å². The molecule has 10 aromatic rings. The van der Waals surface area contributed by atoms with Gasteiger partial charge in [-0.1, -0.05) is 72.8 Å². The second-order valence-corrected chi connectivity index (χ2v) is 18.4. The summed E-state index contributed by atoms with van der Waals surface area (Å²) in [5, 5.41) is 46.3. The van der Waals surface area contributed by atoms with E-state index in [0.29, 0.717) is 22.3 Å². The lowest BCUT2D eigenvalue weighted by Crippen LogP contribution is -2.36. The number of amides is 4. The highest BCUT2D eigenvalue weighted by molar-refractivity contribution is 5.99. The number of aromatic nitrogens is 8. The molecule has 4 amide bonds. The van der Waals surface area contributed by atoms with E-state index in [2.05, 4.69) is 62.3 Å². The van der Waals surface area contributed by atoms with E-state index < -0.39 is 68.7 Å². The van der Waals surface area contributed by atoms with Gasteiger partial charge in [-0.3, -0.25) is 38.4 Å². The van der Waals surface area contributed by atoms with Gasteiger partial charge >= 0.3 is 23.3 Å². The van der Waals surface area contributed by atoms with Gasteiger partial charge in [-0.25, -0.2) is 48.1 Å². The highest BCUT2D eigenvalue weighted by atomic mass is 16.4. The van der Waals surface area contributed by atoms with Crippen LogP contribution in [0, 0.1) is 0 Å². The first-order valence-corrected chi connectivity index (χ1v) is 24.8. The summed E-state index contributed by atoms with van der Waals surface area (Å²) in [6, 6.07) is 28.3. The van der Waals surface area contributed by atoms with Crippen molar-refractivity contribution in [1.29, 1.82) is 0 Å². The number of rotatable bonds is 20. The highest BCUT2D eigenvalue weighted by Gasteiger charge is 2.23. The maximum Gasteiger partial charge on any atom is 0.349 e. The number of carbonyl (C=O) groups is 6. The summed E-state index contributed by atoms with van der Waals surface area (Å²) in [6.07, 6.45) is 0. The second kappa shape index (κ2) is 24.0. The minimum Gasteiger partial charge on any atom is -0.478 e. The van der Waals surface area contributed by atoms with Crippen molar-refractivity contribution in [2.24, 2.45) is 0 Å². The summed E-state index contributed by atoms with van der Waals surface area (Å²) in [5.41, 5.74) is 10.5. The van der Waals surface area contributed by atoms with Crippen LogP contribution in [-0.2, 0) is 39.3 Å². The third-order valence-electron chi connectivity index (χ3n) is 12.7. The molecule has 0 aliphatic carbocycles. The van der Waals surface area contributed by atoms with Gasteiger partial charge in [0.25, 0.3) is 56.9 Å². The van der Waals surface area contributed by atoms with Crippen molar-refractivity contribution in [3.8, 4) is 0 Å². The van der Waals surface area contributed by atoms with E-state index in [0.717, 1.165) is 32.1 Å². The Kier molecular flexibility index (Phi) is 16.1. The molecule has 30 heteroatoms. The zero-order valence-electron chi connectivity index (χ0n) is 43.3. The first-order chi connectivity index (χ1) is 40.2. The zero-order chi connectivity index (χ0) is 59.9. The van der Waals surface area contributed by atoms with Crippen LogP contribution in [0.2, 0.25) is 0 Å². The van der Waals surface area contributed by atoms with Crippen LogP contribution >= 0.6 is 0 Å². The highest BCUT2D eigenvalue weighted by Crippen LogP contribution is 2.16. The fourth-order valence-corrected chi connectivity index (χ4v) is 8.27. The number of nitrogens with zero attached hydrogens (tertiary/aromatic N) is 6. The largest absolute Gasteiger partial charge is 0.478 e. The molecule has 0 unspecified atom stereocenters. The number of nitrogens with two attached hydrogens (primary N) is 2. The summed E-state index contributed by atoms with van der Waals surface area (Å²) in [4.78, 5) is 153. The van der Waals surface area contributed by atoms with Gasteiger partial charge in [-0.2, -0.15) is 0 Å². The Bertz CT molecular complexity index is 4550. The molecule has 30 nitrogen and oxygen atoms in total. The molecule has 0 saturated heterocycles. The smallest absolute Gasteiger partial charge is 0.349 e. The molecule has 4 heterocycles. The summed E-state index contributed by atoms with van der Waals surface area (Å²) < 4.78 is 1.87. The first kappa shape index (κ1) is 56.5. The van der Waals surface area contributed by atoms with Crippen LogP contribution in [0.15, 0.2) is 138 Å². The molecular formula is C54H44N16O14. The molecule has 0 saturated carbocycles. The summed E-state index contributed by atoms with van der Waals surface area (Å²) in [7, 11) is 0. The van der Waals surface area contributed by atoms with E-state index in [1.807, 2.05) is 0 Å². The third kappa shape index (κ3) is 12.3. The summed E-state index contributed by atoms with van der Waals surface area (Å²) >= 11 is 0. The van der Waals surface area contributed by atoms with Gasteiger partial charge in [0.2, 0.25) is 0 Å². The molecule has 0 atom stereocenters. The average Bonchev–Trinajstić information content (AvgIpc) is 4.29. The Labute approximate surface area is 467 Å². The normalized spacial score (nSPS) is 11.0. The maximum absolute atomic E-state index is 13.2. The van der Waals surface area contributed by atoms with Crippen LogP contribution < -0.4 is 76.5 Å². The zero-order valence-corrected chi connectivity index (χ0v) is 43.3. The number of carbonyl (C=O) groups excluding carboxylic acids is 4. The van der Waals surface area contributed by atoms with E-state index in [9.17, 15) is 57.5 Å². The number of carboxylic acids is 2. The number of benzene rings is 4. The molecule has 0 spiro atoms. The predicted molar refractivity (Wildman–Crippen MR) is 298 cm³/mol. The van der Waals surface area contributed by atoms with Gasteiger partial charge in [0, 0.05) is 39.3 Å². The van der Waals surface area contributed by atoms with E-state index in [1.54, 1.807) is 72.8 Å². The Hall–Kier alpha value is -12.2. The standard InChI is InChI=1S/2C27H22N8O7/c28-19-20(22(37)21(19)36)29-11-14-2-1-3-15(8-14)12-30-23(38)17-9-18(35-26(32-17)33-34-27(35)42)24(39)31-10-13-4-6-16(7-5-13)25(40)41;28-19-20(22(37)21(19)36)29-11-14-2-1-3-15(8-14)12-31-24(39)18-9-17(32-26-33-34-27(42)35(18)26)23(38)30-10-13-4-6-16(7-5-13)25(40)41/h2*1-9,29H,10-12,28H2,(H,30,38)(H,31,39)(H,34,42)(H,40,41). The number of anilines is 4. The lowest BCUT2D eigenvalue weighted by molar-refractivity contribution is 0.0686. The van der Waals surface area contributed by atoms with Crippen molar-refractivity contribution in [2.45, 2.75) is 39.3 Å². The molecule has 0 aliphatic heterocycles. The number of hydrogen-bond donors (Lipinski definition) is 12. The number of nitrogen functional groups attached to an aromatic ring is 2. The monoisotopic (exact) mass is 1140 g/mol. The van der Waals surface area contributed by atoms with Crippen molar-refractivity contribution in [3.63, 3.8) is 0 Å². The number of aromatic carboxylic acids is 2. The molecule has 84 heavy (non-hydrogen) atoms. The van der Waals surface area contributed by atoms with E-state index in [1.165, 1.54) is 24.3 Å². The number of nitrogens with one attached hydrogen (secondary N) is 8. The Morgan fingerprint density at radius 2 is 0.762 bits per heavy atom. The van der Waals surface area contributed by atoms with E-state index >= 15 is 0 Å². The van der Waals surface area contributed by atoms with Crippen LogP contribution in [0.3, 0.4) is 0 Å². The molecule has 0 aliphatic rings. The summed E-state index contributed by atoms with van der Waals surface area (Å²) in [5.74, 6) is -5.17. The lowest BCUT2D eigenvalue weighted by Gasteiger charge is -2.12. The molecule has 0 fully saturated rings. The molecular weight excluding hydrogens is 1100 g/mol. The van der Waals surface area contributed by atoms with Crippen LogP contribution in [0.25, 0.3) is 11.6 Å². The summed E-state index contributed by atoms with van der Waals surface area (Å²) in [6.45, 7) is 0.665. The van der Waals surface area contributed by atoms with Crippen LogP contribution in [-0.4, -0.2) is 84.9 Å². The molecule has 6 aromatic carbocycles. The Balaban J connectivity index is 0.000000202.